The van der Waals surface area contributed by atoms with Gasteiger partial charge >= 0.3 is 0 Å². The number of aromatic nitrogens is 2. The number of methoxy groups -OCH3 is 1. The number of hydrogen-bond acceptors (Lipinski definition) is 14. The first-order valence-corrected chi connectivity index (χ1v) is 25.1. The maximum Gasteiger partial charge on any atom is 0.255 e. The van der Waals surface area contributed by atoms with Gasteiger partial charge in [-0.1, -0.05) is 29.8 Å². The van der Waals surface area contributed by atoms with Crippen molar-refractivity contribution in [3.05, 3.63) is 83.0 Å². The zero-order valence-corrected chi connectivity index (χ0v) is 38.0. The maximum absolute atomic E-state index is 13.2. The van der Waals surface area contributed by atoms with Crippen LogP contribution < -0.4 is 36.2 Å². The molecule has 0 aliphatic carbocycles. The van der Waals surface area contributed by atoms with Gasteiger partial charge in [0, 0.05) is 85.8 Å². The molecule has 0 bridgehead atoms. The van der Waals surface area contributed by atoms with Gasteiger partial charge < -0.3 is 35.1 Å². The molecule has 5 heterocycles. The molecule has 1 unspecified atom stereocenters. The summed E-state index contributed by atoms with van der Waals surface area (Å²) in [6.07, 6.45) is 4.11. The van der Waals surface area contributed by atoms with Crippen LogP contribution in [0.25, 0.3) is 0 Å². The van der Waals surface area contributed by atoms with Gasteiger partial charge in [-0.3, -0.25) is 34.3 Å². The summed E-state index contributed by atoms with van der Waals surface area (Å²) in [5, 5.41) is 12.9. The van der Waals surface area contributed by atoms with Gasteiger partial charge in [-0.2, -0.15) is 4.98 Å². The first kappa shape index (κ1) is 44.4. The number of nitrogens with one attached hydrogen (secondary N) is 4. The van der Waals surface area contributed by atoms with Crippen LogP contribution >= 0.6 is 30.5 Å². The van der Waals surface area contributed by atoms with Crippen molar-refractivity contribution in [2.45, 2.75) is 49.2 Å². The van der Waals surface area contributed by atoms with E-state index in [0.29, 0.717) is 76.2 Å². The highest BCUT2D eigenvalue weighted by Gasteiger charge is 2.40. The number of ether oxygens (including phenoxy) is 1. The summed E-state index contributed by atoms with van der Waals surface area (Å²) < 4.78 is 18.7. The molecule has 4 amide bonds. The number of halogens is 1. The van der Waals surface area contributed by atoms with Gasteiger partial charge in [-0.25, -0.2) is 4.98 Å². The molecular formula is C44H52ClN10O6PS. The molecule has 1 atom stereocenters. The Balaban J connectivity index is 0.776. The van der Waals surface area contributed by atoms with Gasteiger partial charge in [0.05, 0.1) is 37.1 Å². The summed E-state index contributed by atoms with van der Waals surface area (Å²) in [4.78, 5) is 68.9. The number of benzene rings is 3. The Bertz CT molecular complexity index is 2440. The summed E-state index contributed by atoms with van der Waals surface area (Å²) in [5.41, 5.74) is 3.86. The van der Waals surface area contributed by atoms with Crippen LogP contribution in [0.15, 0.2) is 71.8 Å². The Hall–Kier alpha value is -5.19. The molecule has 0 spiro atoms. The molecule has 3 aromatic carbocycles. The Morgan fingerprint density at radius 2 is 1.73 bits per heavy atom. The van der Waals surface area contributed by atoms with Gasteiger partial charge in [0.2, 0.25) is 23.7 Å². The molecule has 0 radical (unpaired) electrons. The minimum atomic E-state index is -2.56. The number of anilines is 5. The van der Waals surface area contributed by atoms with E-state index in [2.05, 4.69) is 52.0 Å². The fourth-order valence-corrected chi connectivity index (χ4v) is 10.9. The van der Waals surface area contributed by atoms with Crippen LogP contribution in [-0.2, 0) is 25.5 Å². The average molecular weight is 915 g/mol. The lowest BCUT2D eigenvalue weighted by molar-refractivity contribution is -0.137. The molecule has 4 aromatic rings. The Labute approximate surface area is 376 Å². The molecule has 0 saturated carbocycles. The summed E-state index contributed by atoms with van der Waals surface area (Å²) in [6, 6.07) is 18.8. The molecule has 4 aliphatic heterocycles. The minimum Gasteiger partial charge on any atom is -0.494 e. The number of piperazine rings is 1. The maximum atomic E-state index is 13.2. The normalized spacial score (nSPS) is 18.9. The molecule has 19 heteroatoms. The Morgan fingerprint density at radius 1 is 0.952 bits per heavy atom. The van der Waals surface area contributed by atoms with E-state index in [1.54, 1.807) is 31.4 Å². The average Bonchev–Trinajstić information content (AvgIpc) is 3.61. The molecule has 63 heavy (non-hydrogen) atoms. The topological polar surface area (TPSA) is 181 Å². The van der Waals surface area contributed by atoms with Crippen molar-refractivity contribution in [3.63, 3.8) is 0 Å². The second kappa shape index (κ2) is 19.3. The third kappa shape index (κ3) is 10.3. The van der Waals surface area contributed by atoms with E-state index in [1.165, 1.54) is 18.0 Å². The number of fused-ring (bicyclic) bond motifs is 1. The number of rotatable bonds is 14. The SMILES string of the molecule is COc1cc(N2CCC(N3CCN(CC(=O)NCSc4cccc5c4CN(C4CCC(=O)NC4=O)C5=O)CC3)CC2)ccc1Nc1ncc(Cl)c(Nc2ccccc2P(C)(C)=O)n1. The number of carbonyl (C=O) groups is 4. The number of nitrogens with zero attached hydrogens (tertiary/aromatic N) is 6. The van der Waals surface area contributed by atoms with Crippen molar-refractivity contribution in [1.82, 2.24) is 35.3 Å². The molecular weight excluding hydrogens is 863 g/mol. The fourth-order valence-electron chi connectivity index (χ4n) is 8.71. The number of hydrogen-bond donors (Lipinski definition) is 4. The van der Waals surface area contributed by atoms with Crippen LogP contribution in [0.5, 0.6) is 5.75 Å². The fraction of sp³-hybridized carbons (Fsp3) is 0.409. The molecule has 4 aliphatic rings. The van der Waals surface area contributed by atoms with Crippen LogP contribution in [0.1, 0.15) is 41.6 Å². The second-order valence-corrected chi connectivity index (χ2v) is 21.1. The van der Waals surface area contributed by atoms with Gasteiger partial charge in [0.1, 0.15) is 24.0 Å². The van der Waals surface area contributed by atoms with Crippen molar-refractivity contribution in [1.29, 1.82) is 0 Å². The van der Waals surface area contributed by atoms with Gasteiger partial charge in [0.15, 0.2) is 5.82 Å². The monoisotopic (exact) mass is 914 g/mol. The largest absolute Gasteiger partial charge is 0.494 e. The van der Waals surface area contributed by atoms with E-state index >= 15 is 0 Å². The standard InChI is InChI=1S/C44H52ClN10O6PS/c1-61-36-23-29(11-12-33(36)49-44-46-24-32(45)41(51-44)48-34-8-4-5-9-37(34)62(2,3)60)53-17-15-28(16-18-53)54-21-19-52(20-22-54)26-40(57)47-27-63-38-10-6-7-30-31(38)25-55(43(30)59)35-13-14-39(56)50-42(35)58/h4-12,23-24,28,35H,13-22,25-27H2,1-3H3,(H,47,57)(H,50,56,58)(H2,46,48,49,51). The Kier molecular flexibility index (Phi) is 13.6. The van der Waals surface area contributed by atoms with Crippen molar-refractivity contribution in [2.75, 3.05) is 87.7 Å². The van der Waals surface area contributed by atoms with E-state index in [4.69, 9.17) is 16.3 Å². The number of imide groups is 1. The zero-order valence-electron chi connectivity index (χ0n) is 35.6. The summed E-state index contributed by atoms with van der Waals surface area (Å²) in [5.74, 6) is 0.742. The van der Waals surface area contributed by atoms with Crippen molar-refractivity contribution < 1.29 is 28.5 Å². The first-order chi connectivity index (χ1) is 30.3. The third-order valence-corrected chi connectivity index (χ3v) is 14.9. The lowest BCUT2D eigenvalue weighted by atomic mass is 10.0. The van der Waals surface area contributed by atoms with Crippen molar-refractivity contribution in [3.8, 4) is 5.75 Å². The highest BCUT2D eigenvalue weighted by Crippen LogP contribution is 2.39. The highest BCUT2D eigenvalue weighted by molar-refractivity contribution is 7.99. The number of carbonyl (C=O) groups excluding carboxylic acids is 4. The molecule has 8 rings (SSSR count). The van der Waals surface area contributed by atoms with E-state index in [1.807, 2.05) is 48.5 Å². The zero-order chi connectivity index (χ0) is 44.3. The van der Waals surface area contributed by atoms with E-state index < -0.39 is 19.1 Å². The summed E-state index contributed by atoms with van der Waals surface area (Å²) in [6.45, 7) is 9.35. The van der Waals surface area contributed by atoms with E-state index in [-0.39, 0.29) is 24.1 Å². The predicted molar refractivity (Wildman–Crippen MR) is 247 cm³/mol. The number of amides is 4. The van der Waals surface area contributed by atoms with Crippen molar-refractivity contribution >= 4 is 88.3 Å². The second-order valence-electron chi connectivity index (χ2n) is 16.5. The van der Waals surface area contributed by atoms with Crippen LogP contribution in [-0.4, -0.2) is 133 Å². The number of thioether (sulfide) groups is 1. The Morgan fingerprint density at radius 3 is 2.48 bits per heavy atom. The molecule has 332 valence electrons. The quantitative estimate of drug-likeness (QED) is 0.0569. The summed E-state index contributed by atoms with van der Waals surface area (Å²) >= 11 is 7.95. The van der Waals surface area contributed by atoms with E-state index in [0.717, 1.165) is 68.3 Å². The van der Waals surface area contributed by atoms with Crippen molar-refractivity contribution in [2.24, 2.45) is 0 Å². The molecule has 16 nitrogen and oxygen atoms in total. The molecule has 3 saturated heterocycles. The molecule has 4 N–H and O–H groups in total. The lowest BCUT2D eigenvalue weighted by Gasteiger charge is -2.43. The third-order valence-electron chi connectivity index (χ3n) is 12.1. The first-order valence-electron chi connectivity index (χ1n) is 21.1. The number of para-hydroxylation sites is 1. The van der Waals surface area contributed by atoms with Crippen LogP contribution in [0.2, 0.25) is 5.02 Å². The van der Waals surface area contributed by atoms with Crippen LogP contribution in [0.4, 0.5) is 28.8 Å². The van der Waals surface area contributed by atoms with Crippen LogP contribution in [0, 0.1) is 0 Å². The smallest absolute Gasteiger partial charge is 0.255 e. The van der Waals surface area contributed by atoms with E-state index in [9.17, 15) is 23.7 Å². The highest BCUT2D eigenvalue weighted by atomic mass is 35.5. The van der Waals surface area contributed by atoms with Crippen LogP contribution in [0.3, 0.4) is 0 Å². The molecule has 1 aromatic heterocycles. The number of piperidine rings is 2. The minimum absolute atomic E-state index is 0.0410. The molecule has 3 fully saturated rings. The predicted octanol–water partition coefficient (Wildman–Crippen LogP) is 5.09. The lowest BCUT2D eigenvalue weighted by Crippen LogP contribution is -2.54. The summed E-state index contributed by atoms with van der Waals surface area (Å²) in [7, 11) is -0.919. The van der Waals surface area contributed by atoms with Gasteiger partial charge in [-0.15, -0.1) is 11.8 Å². The van der Waals surface area contributed by atoms with Gasteiger partial charge in [0.25, 0.3) is 5.91 Å². The van der Waals surface area contributed by atoms with Gasteiger partial charge in [-0.05, 0) is 74.6 Å².